The van der Waals surface area contributed by atoms with Crippen molar-refractivity contribution in [1.82, 2.24) is 20.1 Å². The average molecular weight is 370 g/mol. The lowest BCUT2D eigenvalue weighted by atomic mass is 10.1. The maximum atomic E-state index is 11.6. The van der Waals surface area contributed by atoms with Crippen molar-refractivity contribution in [1.29, 1.82) is 0 Å². The van der Waals surface area contributed by atoms with Crippen LogP contribution in [0.25, 0.3) is 0 Å². The predicted molar refractivity (Wildman–Crippen MR) is 96.3 cm³/mol. The lowest BCUT2D eigenvalue weighted by Crippen LogP contribution is -2.26. The topological polar surface area (TPSA) is 104 Å². The normalized spacial score (nSPS) is 11.4. The van der Waals surface area contributed by atoms with Crippen LogP contribution in [-0.4, -0.2) is 41.9 Å². The third kappa shape index (κ3) is 5.07. The Morgan fingerprint density at radius 2 is 2.00 bits per heavy atom. The predicted octanol–water partition coefficient (Wildman–Crippen LogP) is 1.07. The molecule has 1 aromatic carbocycles. The summed E-state index contributed by atoms with van der Waals surface area (Å²) >= 11 is 0. The van der Waals surface area contributed by atoms with Crippen molar-refractivity contribution < 1.29 is 14.3 Å². The largest absolute Gasteiger partial charge is 0.493 e. The first kappa shape index (κ1) is 20.7. The van der Waals surface area contributed by atoms with Gasteiger partial charge in [-0.15, -0.1) is 12.4 Å². The quantitative estimate of drug-likeness (QED) is 0.756. The number of nitrogens with zero attached hydrogens (tertiary/aromatic N) is 3. The van der Waals surface area contributed by atoms with Crippen LogP contribution in [0.5, 0.6) is 11.5 Å². The van der Waals surface area contributed by atoms with E-state index in [1.165, 1.54) is 0 Å². The van der Waals surface area contributed by atoms with E-state index in [1.807, 2.05) is 25.1 Å². The SMILES string of the molecule is CNC(=O)Cn1nc(Cc2ccc(OC)c(OC)c2)nc1[C@@H](C)N.Cl. The summed E-state index contributed by atoms with van der Waals surface area (Å²) in [4.78, 5) is 16.1. The van der Waals surface area contributed by atoms with Gasteiger partial charge in [0.15, 0.2) is 17.3 Å². The van der Waals surface area contributed by atoms with Crippen molar-refractivity contribution in [3.8, 4) is 11.5 Å². The number of carbonyl (C=O) groups excluding carboxylic acids is 1. The molecule has 0 radical (unpaired) electrons. The van der Waals surface area contributed by atoms with Gasteiger partial charge < -0.3 is 20.5 Å². The number of aromatic nitrogens is 3. The number of carbonyl (C=O) groups is 1. The van der Waals surface area contributed by atoms with Gasteiger partial charge in [0.1, 0.15) is 12.4 Å². The minimum atomic E-state index is -0.318. The molecule has 2 aromatic rings. The Labute approximate surface area is 153 Å². The summed E-state index contributed by atoms with van der Waals surface area (Å²) in [6.07, 6.45) is 0.501. The van der Waals surface area contributed by atoms with Crippen molar-refractivity contribution in [2.45, 2.75) is 25.9 Å². The van der Waals surface area contributed by atoms with E-state index in [4.69, 9.17) is 15.2 Å². The van der Waals surface area contributed by atoms with Gasteiger partial charge in [-0.3, -0.25) is 4.79 Å². The molecule has 1 aromatic heterocycles. The zero-order valence-corrected chi connectivity index (χ0v) is 15.6. The molecule has 0 aliphatic rings. The van der Waals surface area contributed by atoms with Gasteiger partial charge in [-0.25, -0.2) is 9.67 Å². The molecular weight excluding hydrogens is 346 g/mol. The number of benzene rings is 1. The molecule has 0 fully saturated rings. The van der Waals surface area contributed by atoms with Crippen molar-refractivity contribution in [3.05, 3.63) is 35.4 Å². The number of methoxy groups -OCH3 is 2. The molecular formula is C16H24ClN5O3. The molecule has 0 aliphatic heterocycles. The smallest absolute Gasteiger partial charge is 0.241 e. The fraction of sp³-hybridized carbons (Fsp3) is 0.438. The van der Waals surface area contributed by atoms with Crippen molar-refractivity contribution in [2.24, 2.45) is 5.73 Å². The Hall–Kier alpha value is -2.32. The van der Waals surface area contributed by atoms with Crippen molar-refractivity contribution in [2.75, 3.05) is 21.3 Å². The standard InChI is InChI=1S/C16H23N5O3.ClH/c1-10(17)16-19-14(20-21(16)9-15(22)18-2)8-11-5-6-12(23-3)13(7-11)24-4;/h5-7,10H,8-9,17H2,1-4H3,(H,18,22);1H/t10-;/m1./s1. The van der Waals surface area contributed by atoms with Gasteiger partial charge in [0.05, 0.1) is 20.3 Å². The highest BCUT2D eigenvalue weighted by Crippen LogP contribution is 2.28. The van der Waals surface area contributed by atoms with Crippen LogP contribution in [-0.2, 0) is 17.8 Å². The minimum absolute atomic E-state index is 0. The molecule has 0 aliphatic carbocycles. The average Bonchev–Trinajstić information content (AvgIpc) is 2.97. The summed E-state index contributed by atoms with van der Waals surface area (Å²) < 4.78 is 12.1. The Kier molecular flexibility index (Phi) is 7.66. The third-order valence-corrected chi connectivity index (χ3v) is 3.53. The van der Waals surface area contributed by atoms with Crippen LogP contribution >= 0.6 is 12.4 Å². The van der Waals surface area contributed by atoms with Crippen molar-refractivity contribution >= 4 is 18.3 Å². The number of nitrogens with one attached hydrogen (secondary N) is 1. The maximum absolute atomic E-state index is 11.6. The monoisotopic (exact) mass is 369 g/mol. The summed E-state index contributed by atoms with van der Waals surface area (Å²) in [6, 6.07) is 5.32. The number of ether oxygens (including phenoxy) is 2. The second-order valence-corrected chi connectivity index (χ2v) is 5.37. The fourth-order valence-electron chi connectivity index (χ4n) is 2.32. The molecule has 3 N–H and O–H groups in total. The Balaban J connectivity index is 0.00000312. The van der Waals surface area contributed by atoms with E-state index in [-0.39, 0.29) is 30.9 Å². The minimum Gasteiger partial charge on any atom is -0.493 e. The van der Waals surface area contributed by atoms with Crippen LogP contribution in [0.15, 0.2) is 18.2 Å². The second-order valence-electron chi connectivity index (χ2n) is 5.37. The first-order chi connectivity index (χ1) is 11.5. The zero-order valence-electron chi connectivity index (χ0n) is 14.8. The second kappa shape index (κ2) is 9.24. The molecule has 0 saturated carbocycles. The molecule has 0 unspecified atom stereocenters. The first-order valence-corrected chi connectivity index (χ1v) is 7.59. The number of hydrogen-bond donors (Lipinski definition) is 2. The molecule has 0 spiro atoms. The Morgan fingerprint density at radius 3 is 2.56 bits per heavy atom. The summed E-state index contributed by atoms with van der Waals surface area (Å²) in [7, 11) is 4.76. The Bertz CT molecular complexity index is 718. The van der Waals surface area contributed by atoms with E-state index in [0.29, 0.717) is 29.6 Å². The molecule has 0 saturated heterocycles. The molecule has 1 atom stereocenters. The van der Waals surface area contributed by atoms with Crippen LogP contribution in [0, 0.1) is 0 Å². The van der Waals surface area contributed by atoms with Crippen LogP contribution in [0.4, 0.5) is 0 Å². The van der Waals surface area contributed by atoms with E-state index in [1.54, 1.807) is 25.9 Å². The fourth-order valence-corrected chi connectivity index (χ4v) is 2.32. The lowest BCUT2D eigenvalue weighted by Gasteiger charge is -2.08. The van der Waals surface area contributed by atoms with E-state index in [0.717, 1.165) is 5.56 Å². The van der Waals surface area contributed by atoms with Crippen molar-refractivity contribution in [3.63, 3.8) is 0 Å². The van der Waals surface area contributed by atoms with Gasteiger partial charge >= 0.3 is 0 Å². The molecule has 138 valence electrons. The van der Waals surface area contributed by atoms with Crippen LogP contribution < -0.4 is 20.5 Å². The van der Waals surface area contributed by atoms with Crippen LogP contribution in [0.3, 0.4) is 0 Å². The van der Waals surface area contributed by atoms with Crippen LogP contribution in [0.1, 0.15) is 30.2 Å². The van der Waals surface area contributed by atoms with E-state index in [9.17, 15) is 4.79 Å². The highest BCUT2D eigenvalue weighted by atomic mass is 35.5. The zero-order chi connectivity index (χ0) is 17.7. The van der Waals surface area contributed by atoms with Gasteiger partial charge in [-0.05, 0) is 24.6 Å². The van der Waals surface area contributed by atoms with Gasteiger partial charge in [-0.2, -0.15) is 5.10 Å². The molecule has 2 rings (SSSR count). The van der Waals surface area contributed by atoms with E-state index < -0.39 is 0 Å². The lowest BCUT2D eigenvalue weighted by molar-refractivity contribution is -0.121. The Morgan fingerprint density at radius 1 is 1.32 bits per heavy atom. The molecule has 1 heterocycles. The van der Waals surface area contributed by atoms with E-state index >= 15 is 0 Å². The highest BCUT2D eigenvalue weighted by Gasteiger charge is 2.16. The molecule has 0 bridgehead atoms. The van der Waals surface area contributed by atoms with Crippen LogP contribution in [0.2, 0.25) is 0 Å². The van der Waals surface area contributed by atoms with Gasteiger partial charge in [0.25, 0.3) is 0 Å². The third-order valence-electron chi connectivity index (χ3n) is 3.53. The number of hydrogen-bond acceptors (Lipinski definition) is 6. The van der Waals surface area contributed by atoms with Gasteiger partial charge in [-0.1, -0.05) is 6.07 Å². The number of halogens is 1. The number of nitrogens with two attached hydrogens (primary N) is 1. The summed E-state index contributed by atoms with van der Waals surface area (Å²) in [5.41, 5.74) is 6.90. The van der Waals surface area contributed by atoms with Gasteiger partial charge in [0, 0.05) is 13.5 Å². The van der Waals surface area contributed by atoms with Gasteiger partial charge in [0.2, 0.25) is 5.91 Å². The summed E-state index contributed by atoms with van der Waals surface area (Å²) in [5.74, 6) is 2.33. The molecule has 25 heavy (non-hydrogen) atoms. The molecule has 1 amide bonds. The number of rotatable bonds is 7. The molecule has 8 nitrogen and oxygen atoms in total. The molecule has 9 heteroatoms. The highest BCUT2D eigenvalue weighted by molar-refractivity contribution is 5.85. The summed E-state index contributed by atoms with van der Waals surface area (Å²) in [6.45, 7) is 1.90. The van der Waals surface area contributed by atoms with E-state index in [2.05, 4.69) is 15.4 Å². The maximum Gasteiger partial charge on any atom is 0.241 e. The first-order valence-electron chi connectivity index (χ1n) is 7.59. The number of likely N-dealkylation sites (N-methyl/N-ethyl adjacent to an activating group) is 1. The summed E-state index contributed by atoms with van der Waals surface area (Å²) in [5, 5.41) is 6.97. The number of amides is 1.